The number of nitrogens with zero attached hydrogens (tertiary/aromatic N) is 2. The van der Waals surface area contributed by atoms with Gasteiger partial charge in [0.05, 0.1) is 21.4 Å². The summed E-state index contributed by atoms with van der Waals surface area (Å²) in [4.78, 5) is 39.6. The number of benzene rings is 2. The molecule has 1 heterocycles. The van der Waals surface area contributed by atoms with Gasteiger partial charge in [-0.2, -0.15) is 0 Å². The molecule has 1 saturated carbocycles. The van der Waals surface area contributed by atoms with Crippen LogP contribution in [0.3, 0.4) is 0 Å². The molecule has 0 bridgehead atoms. The van der Waals surface area contributed by atoms with E-state index in [1.165, 1.54) is 30.3 Å². The Balaban J connectivity index is 1.49. The summed E-state index contributed by atoms with van der Waals surface area (Å²) in [7, 11) is 0. The third-order valence-corrected chi connectivity index (χ3v) is 6.97. The molecule has 2 aromatic carbocycles. The van der Waals surface area contributed by atoms with E-state index in [-0.39, 0.29) is 27.8 Å². The van der Waals surface area contributed by atoms with Crippen molar-refractivity contribution in [1.29, 1.82) is 0 Å². The highest BCUT2D eigenvalue weighted by atomic mass is 35.5. The van der Waals surface area contributed by atoms with Gasteiger partial charge in [0.1, 0.15) is 16.3 Å². The van der Waals surface area contributed by atoms with Crippen LogP contribution >= 0.6 is 58.0 Å². The number of carbonyl (C=O) groups excluding carboxylic acids is 2. The second-order valence-corrected chi connectivity index (χ2v) is 10.4. The Bertz CT molecular complexity index is 1330. The van der Waals surface area contributed by atoms with Crippen molar-refractivity contribution in [2.45, 2.75) is 10.3 Å². The van der Waals surface area contributed by atoms with Crippen LogP contribution in [0.4, 0.5) is 17.2 Å². The van der Waals surface area contributed by atoms with E-state index in [9.17, 15) is 19.7 Å². The van der Waals surface area contributed by atoms with Crippen LogP contribution < -0.4 is 10.6 Å². The van der Waals surface area contributed by atoms with Crippen LogP contribution in [0.5, 0.6) is 0 Å². The number of halogens is 5. The summed E-state index contributed by atoms with van der Waals surface area (Å²) in [5.41, 5.74) is 0.722. The molecule has 1 fully saturated rings. The second-order valence-electron chi connectivity index (χ2n) is 7.63. The van der Waals surface area contributed by atoms with Gasteiger partial charge in [-0.25, -0.2) is 4.98 Å². The van der Waals surface area contributed by atoms with Gasteiger partial charge in [0.2, 0.25) is 5.91 Å². The zero-order valence-corrected chi connectivity index (χ0v) is 21.0. The molecule has 2 atom stereocenters. The summed E-state index contributed by atoms with van der Waals surface area (Å²) in [5.74, 6) is -2.35. The topological polar surface area (TPSA) is 114 Å². The molecule has 1 aliphatic rings. The highest BCUT2D eigenvalue weighted by Gasteiger charge is 2.67. The van der Waals surface area contributed by atoms with E-state index in [0.29, 0.717) is 15.6 Å². The lowest BCUT2D eigenvalue weighted by Gasteiger charge is -2.10. The number of amides is 2. The fourth-order valence-corrected chi connectivity index (χ4v) is 5.15. The van der Waals surface area contributed by atoms with Gasteiger partial charge in [-0.05, 0) is 48.0 Å². The van der Waals surface area contributed by atoms with Crippen molar-refractivity contribution in [3.8, 4) is 0 Å². The van der Waals surface area contributed by atoms with Gasteiger partial charge < -0.3 is 10.6 Å². The van der Waals surface area contributed by atoms with E-state index in [0.717, 1.165) is 6.20 Å². The van der Waals surface area contributed by atoms with Crippen LogP contribution in [0.15, 0.2) is 54.7 Å². The van der Waals surface area contributed by atoms with Crippen molar-refractivity contribution < 1.29 is 14.5 Å². The van der Waals surface area contributed by atoms with Crippen LogP contribution in [0.1, 0.15) is 21.8 Å². The lowest BCUT2D eigenvalue weighted by molar-refractivity contribution is -0.385. The van der Waals surface area contributed by atoms with Gasteiger partial charge in [0.25, 0.3) is 11.6 Å². The highest BCUT2D eigenvalue weighted by molar-refractivity contribution is 6.53. The smallest absolute Gasteiger partial charge is 0.287 e. The van der Waals surface area contributed by atoms with Gasteiger partial charge in [0.15, 0.2) is 0 Å². The van der Waals surface area contributed by atoms with E-state index in [2.05, 4.69) is 15.6 Å². The summed E-state index contributed by atoms with van der Waals surface area (Å²) in [6.45, 7) is 0. The van der Waals surface area contributed by atoms with Crippen LogP contribution in [-0.4, -0.2) is 26.1 Å². The second kappa shape index (κ2) is 9.79. The Hall–Kier alpha value is -2.62. The van der Waals surface area contributed by atoms with Gasteiger partial charge >= 0.3 is 0 Å². The van der Waals surface area contributed by atoms with E-state index >= 15 is 0 Å². The summed E-state index contributed by atoms with van der Waals surface area (Å²) in [6.07, 6.45) is 1.01. The zero-order chi connectivity index (χ0) is 25.5. The Morgan fingerprint density at radius 2 is 1.66 bits per heavy atom. The minimum atomic E-state index is -1.37. The normalized spacial score (nSPS) is 18.0. The molecule has 0 aliphatic heterocycles. The van der Waals surface area contributed by atoms with Gasteiger partial charge in [-0.15, -0.1) is 23.2 Å². The largest absolute Gasteiger partial charge is 0.326 e. The molecule has 180 valence electrons. The number of anilines is 2. The number of rotatable bonds is 6. The number of nitrogens with one attached hydrogen (secondary N) is 2. The average molecular weight is 575 g/mol. The van der Waals surface area contributed by atoms with Crippen molar-refractivity contribution in [1.82, 2.24) is 4.98 Å². The molecule has 0 spiro atoms. The number of alkyl halides is 2. The first-order chi connectivity index (χ1) is 16.5. The standard InChI is InChI=1S/C22H13Cl5N4O4/c23-11-5-10(6-12(24)7-11)18-19(22(18,26)27)21(33)29-13-1-3-16(25)15(8-13)20(32)30-17-4-2-14(9-28-17)31(34)35/h1-9,18-19H,(H,29,33)(H,28,30,32)/t18-,19+/m1/s1. The Labute approximate surface area is 223 Å². The third-order valence-electron chi connectivity index (χ3n) is 5.26. The number of carbonyl (C=O) groups is 2. The lowest BCUT2D eigenvalue weighted by Crippen LogP contribution is -2.18. The summed E-state index contributed by atoms with van der Waals surface area (Å²) >= 11 is 31.0. The monoisotopic (exact) mass is 572 g/mol. The molecule has 3 aromatic rings. The SMILES string of the molecule is O=C(Nc1ccc([N+](=O)[O-])cn1)c1cc(NC(=O)[C@@H]2[C@@H](c3cc(Cl)cc(Cl)c3)C2(Cl)Cl)ccc1Cl. The number of aromatic nitrogens is 1. The van der Waals surface area contributed by atoms with E-state index in [1.54, 1.807) is 18.2 Å². The molecule has 0 unspecified atom stereocenters. The quantitative estimate of drug-likeness (QED) is 0.193. The highest BCUT2D eigenvalue weighted by Crippen LogP contribution is 2.65. The Morgan fingerprint density at radius 1 is 0.971 bits per heavy atom. The molecule has 35 heavy (non-hydrogen) atoms. The van der Waals surface area contributed by atoms with Crippen molar-refractivity contribution in [3.63, 3.8) is 0 Å². The third kappa shape index (κ3) is 5.47. The lowest BCUT2D eigenvalue weighted by atomic mass is 10.1. The van der Waals surface area contributed by atoms with Crippen molar-refractivity contribution in [2.24, 2.45) is 5.92 Å². The molecule has 1 aromatic heterocycles. The summed E-state index contributed by atoms with van der Waals surface area (Å²) < 4.78 is -1.37. The van der Waals surface area contributed by atoms with Crippen LogP contribution in [0.25, 0.3) is 0 Å². The Kier molecular flexibility index (Phi) is 7.13. The van der Waals surface area contributed by atoms with E-state index in [1.807, 2.05) is 0 Å². The Morgan fingerprint density at radius 3 is 2.26 bits per heavy atom. The fraction of sp³-hybridized carbons (Fsp3) is 0.136. The van der Waals surface area contributed by atoms with Crippen molar-refractivity contribution in [3.05, 3.63) is 91.0 Å². The first-order valence-corrected chi connectivity index (χ1v) is 11.7. The number of hydrogen-bond acceptors (Lipinski definition) is 5. The fourth-order valence-electron chi connectivity index (χ4n) is 3.57. The number of pyridine rings is 1. The van der Waals surface area contributed by atoms with Gasteiger partial charge in [0, 0.05) is 27.7 Å². The maximum absolute atomic E-state index is 12.9. The molecule has 0 radical (unpaired) electrons. The zero-order valence-electron chi connectivity index (χ0n) is 17.3. The first kappa shape index (κ1) is 25.5. The predicted molar refractivity (Wildman–Crippen MR) is 136 cm³/mol. The summed E-state index contributed by atoms with van der Waals surface area (Å²) in [6, 6.07) is 11.6. The first-order valence-electron chi connectivity index (χ1n) is 9.83. The average Bonchev–Trinajstić information content (AvgIpc) is 3.36. The van der Waals surface area contributed by atoms with Gasteiger partial charge in [-0.1, -0.05) is 34.8 Å². The maximum atomic E-state index is 12.9. The molecule has 2 amide bonds. The van der Waals surface area contributed by atoms with Crippen LogP contribution in [0.2, 0.25) is 15.1 Å². The molecular weight excluding hydrogens is 562 g/mol. The predicted octanol–water partition coefficient (Wildman–Crippen LogP) is 6.73. The van der Waals surface area contributed by atoms with E-state index in [4.69, 9.17) is 58.0 Å². The molecule has 0 saturated heterocycles. The van der Waals surface area contributed by atoms with Crippen LogP contribution in [-0.2, 0) is 4.79 Å². The molecule has 1 aliphatic carbocycles. The van der Waals surface area contributed by atoms with Gasteiger partial charge in [-0.3, -0.25) is 19.7 Å². The van der Waals surface area contributed by atoms with Crippen molar-refractivity contribution in [2.75, 3.05) is 10.6 Å². The maximum Gasteiger partial charge on any atom is 0.287 e. The number of nitro groups is 1. The summed E-state index contributed by atoms with van der Waals surface area (Å²) in [5, 5.41) is 16.8. The molecular formula is C22H13Cl5N4O4. The van der Waals surface area contributed by atoms with Crippen LogP contribution in [0, 0.1) is 16.0 Å². The number of hydrogen-bond donors (Lipinski definition) is 2. The molecule has 8 nitrogen and oxygen atoms in total. The molecule has 13 heteroatoms. The minimum absolute atomic E-state index is 0.0431. The molecule has 4 rings (SSSR count). The van der Waals surface area contributed by atoms with Crippen molar-refractivity contribution >= 4 is 87.0 Å². The van der Waals surface area contributed by atoms with E-state index < -0.39 is 32.9 Å². The molecule has 2 N–H and O–H groups in total. The minimum Gasteiger partial charge on any atom is -0.326 e.